The molecule has 0 heterocycles. The molecule has 0 radical (unpaired) electrons. The molecule has 4 heteroatoms. The van der Waals surface area contributed by atoms with Crippen LogP contribution in [0, 0.1) is 0 Å². The van der Waals surface area contributed by atoms with Gasteiger partial charge in [-0.2, -0.15) is 0 Å². The first-order valence-corrected chi connectivity index (χ1v) is 4.14. The van der Waals surface area contributed by atoms with E-state index in [0.717, 1.165) is 0 Å². The van der Waals surface area contributed by atoms with Crippen molar-refractivity contribution in [2.75, 3.05) is 6.67 Å². The minimum Gasteiger partial charge on any atom is -0.429 e. The van der Waals surface area contributed by atoms with E-state index in [1.807, 2.05) is 0 Å². The Hall–Kier alpha value is -0.800. The Morgan fingerprint density at radius 2 is 1.62 bits per heavy atom. The van der Waals surface area contributed by atoms with Gasteiger partial charge in [0.25, 0.3) is 0 Å². The maximum Gasteiger partial charge on any atom is 0.509 e. The summed E-state index contributed by atoms with van der Waals surface area (Å²) >= 11 is 0. The molecule has 0 aromatic carbocycles. The zero-order valence-corrected chi connectivity index (χ0v) is 8.81. The lowest BCUT2D eigenvalue weighted by atomic mass is 10.2. The monoisotopic (exact) mass is 192 g/mol. The molecule has 0 aliphatic heterocycles. The van der Waals surface area contributed by atoms with Crippen LogP contribution in [0.5, 0.6) is 0 Å². The minimum absolute atomic E-state index is 0.608. The summed E-state index contributed by atoms with van der Waals surface area (Å²) in [7, 11) is 0. The smallest absolute Gasteiger partial charge is 0.429 e. The fourth-order valence-electron chi connectivity index (χ4n) is 0.524. The predicted molar refractivity (Wildman–Crippen MR) is 47.4 cm³/mol. The second-order valence-electron chi connectivity index (χ2n) is 4.46. The first-order valence-electron chi connectivity index (χ1n) is 4.14. The number of halogens is 1. The minimum atomic E-state index is -1.11. The highest BCUT2D eigenvalue weighted by Gasteiger charge is 2.26. The van der Waals surface area contributed by atoms with Gasteiger partial charge in [0, 0.05) is 0 Å². The normalized spacial score (nSPS) is 12.5. The van der Waals surface area contributed by atoms with Crippen molar-refractivity contribution in [2.45, 2.75) is 45.8 Å². The molecular weight excluding hydrogens is 175 g/mol. The van der Waals surface area contributed by atoms with E-state index in [9.17, 15) is 9.18 Å². The molecule has 0 aliphatic rings. The maximum atomic E-state index is 12.2. The van der Waals surface area contributed by atoms with Gasteiger partial charge >= 0.3 is 6.16 Å². The second kappa shape index (κ2) is 3.94. The highest BCUT2D eigenvalue weighted by molar-refractivity contribution is 5.61. The van der Waals surface area contributed by atoms with E-state index < -0.39 is 24.0 Å². The second-order valence-corrected chi connectivity index (χ2v) is 4.46. The summed E-state index contributed by atoms with van der Waals surface area (Å²) in [5, 5.41) is 0. The van der Waals surface area contributed by atoms with Crippen molar-refractivity contribution in [2.24, 2.45) is 0 Å². The third-order valence-corrected chi connectivity index (χ3v) is 1.07. The van der Waals surface area contributed by atoms with Crippen molar-refractivity contribution in [1.82, 2.24) is 0 Å². The van der Waals surface area contributed by atoms with Crippen LogP contribution in [0.2, 0.25) is 0 Å². The largest absolute Gasteiger partial charge is 0.509 e. The molecule has 0 amide bonds. The summed E-state index contributed by atoms with van der Waals surface area (Å²) < 4.78 is 21.8. The Balaban J connectivity index is 4.03. The summed E-state index contributed by atoms with van der Waals surface area (Å²) in [5.74, 6) is 0. The molecule has 0 aromatic heterocycles. The van der Waals surface area contributed by atoms with Gasteiger partial charge in [0.2, 0.25) is 0 Å². The molecule has 13 heavy (non-hydrogen) atoms. The Kier molecular flexibility index (Phi) is 3.70. The summed E-state index contributed by atoms with van der Waals surface area (Å²) in [5.41, 5.74) is -1.72. The molecule has 0 unspecified atom stereocenters. The zero-order valence-electron chi connectivity index (χ0n) is 8.81. The standard InChI is InChI=1S/C9H17FO3/c1-8(2,3)12-7(11)13-9(4,5)6-10/h6H2,1-5H3. The Bertz CT molecular complexity index is 182. The van der Waals surface area contributed by atoms with Crippen molar-refractivity contribution in [3.63, 3.8) is 0 Å². The molecule has 0 aromatic rings. The van der Waals surface area contributed by atoms with Gasteiger partial charge < -0.3 is 9.47 Å². The van der Waals surface area contributed by atoms with Gasteiger partial charge in [-0.1, -0.05) is 0 Å². The van der Waals surface area contributed by atoms with E-state index in [4.69, 9.17) is 9.47 Å². The van der Waals surface area contributed by atoms with Crippen molar-refractivity contribution >= 4 is 6.16 Å². The molecule has 0 fully saturated rings. The molecule has 0 atom stereocenters. The van der Waals surface area contributed by atoms with E-state index in [1.165, 1.54) is 13.8 Å². The van der Waals surface area contributed by atoms with Gasteiger partial charge in [-0.3, -0.25) is 0 Å². The molecular formula is C9H17FO3. The average molecular weight is 192 g/mol. The van der Waals surface area contributed by atoms with Gasteiger partial charge in [-0.05, 0) is 34.6 Å². The van der Waals surface area contributed by atoms with Crippen LogP contribution in [0.25, 0.3) is 0 Å². The Morgan fingerprint density at radius 1 is 1.15 bits per heavy atom. The number of hydrogen-bond donors (Lipinski definition) is 0. The van der Waals surface area contributed by atoms with Crippen LogP contribution < -0.4 is 0 Å². The average Bonchev–Trinajstić information content (AvgIpc) is 1.81. The number of ether oxygens (including phenoxy) is 2. The lowest BCUT2D eigenvalue weighted by molar-refractivity contribution is -0.0599. The van der Waals surface area contributed by atoms with Crippen molar-refractivity contribution in [1.29, 1.82) is 0 Å². The first-order chi connectivity index (χ1) is 5.66. The van der Waals surface area contributed by atoms with Gasteiger partial charge in [0.15, 0.2) is 0 Å². The van der Waals surface area contributed by atoms with Gasteiger partial charge in [-0.25, -0.2) is 9.18 Å². The lowest BCUT2D eigenvalue weighted by Gasteiger charge is -2.25. The summed E-state index contributed by atoms with van der Waals surface area (Å²) in [6.45, 7) is 7.39. The highest BCUT2D eigenvalue weighted by Crippen LogP contribution is 2.14. The van der Waals surface area contributed by atoms with E-state index in [2.05, 4.69) is 0 Å². The third kappa shape index (κ3) is 6.37. The molecule has 0 bridgehead atoms. The molecule has 3 nitrogen and oxygen atoms in total. The number of carbonyl (C=O) groups is 1. The van der Waals surface area contributed by atoms with Crippen molar-refractivity contribution in [3.05, 3.63) is 0 Å². The van der Waals surface area contributed by atoms with Crippen molar-refractivity contribution < 1.29 is 18.7 Å². The Morgan fingerprint density at radius 3 is 1.92 bits per heavy atom. The van der Waals surface area contributed by atoms with Gasteiger partial charge in [0.05, 0.1) is 0 Å². The fourth-order valence-corrected chi connectivity index (χ4v) is 0.524. The quantitative estimate of drug-likeness (QED) is 0.631. The number of rotatable bonds is 2. The topological polar surface area (TPSA) is 35.5 Å². The van der Waals surface area contributed by atoms with Crippen LogP contribution in [-0.4, -0.2) is 24.0 Å². The number of carbonyl (C=O) groups excluding carboxylic acids is 1. The first kappa shape index (κ1) is 12.2. The third-order valence-electron chi connectivity index (χ3n) is 1.07. The molecule has 0 spiro atoms. The SMILES string of the molecule is CC(C)(C)OC(=O)OC(C)(C)CF. The van der Waals surface area contributed by atoms with Crippen LogP contribution in [-0.2, 0) is 9.47 Å². The number of hydrogen-bond acceptors (Lipinski definition) is 3. The molecule has 0 N–H and O–H groups in total. The molecule has 78 valence electrons. The highest BCUT2D eigenvalue weighted by atomic mass is 19.1. The summed E-state index contributed by atoms with van der Waals surface area (Å²) in [6, 6.07) is 0. The van der Waals surface area contributed by atoms with Crippen LogP contribution in [0.3, 0.4) is 0 Å². The van der Waals surface area contributed by atoms with Crippen molar-refractivity contribution in [3.8, 4) is 0 Å². The molecule has 0 rings (SSSR count). The van der Waals surface area contributed by atoms with Gasteiger partial charge in [0.1, 0.15) is 17.9 Å². The molecule has 0 saturated carbocycles. The van der Waals surface area contributed by atoms with Crippen LogP contribution in [0.1, 0.15) is 34.6 Å². The summed E-state index contributed by atoms with van der Waals surface area (Å²) in [4.78, 5) is 11.0. The fraction of sp³-hybridized carbons (Fsp3) is 0.889. The lowest BCUT2D eigenvalue weighted by Crippen LogP contribution is -2.34. The van der Waals surface area contributed by atoms with Gasteiger partial charge in [-0.15, -0.1) is 0 Å². The van der Waals surface area contributed by atoms with Crippen LogP contribution >= 0.6 is 0 Å². The zero-order chi connectivity index (χ0) is 10.7. The molecule has 0 aliphatic carbocycles. The summed E-state index contributed by atoms with van der Waals surface area (Å²) in [6.07, 6.45) is -0.838. The van der Waals surface area contributed by atoms with E-state index in [-0.39, 0.29) is 0 Å². The number of alkyl halides is 1. The Labute approximate surface area is 78.2 Å². The maximum absolute atomic E-state index is 12.2. The predicted octanol–water partition coefficient (Wildman–Crippen LogP) is 2.69. The van der Waals surface area contributed by atoms with Crippen LogP contribution in [0.4, 0.5) is 9.18 Å². The van der Waals surface area contributed by atoms with E-state index in [0.29, 0.717) is 0 Å². The molecule has 0 saturated heterocycles. The van der Waals surface area contributed by atoms with Crippen LogP contribution in [0.15, 0.2) is 0 Å². The van der Waals surface area contributed by atoms with E-state index in [1.54, 1.807) is 20.8 Å². The van der Waals surface area contributed by atoms with E-state index >= 15 is 0 Å².